The number of aliphatic hydroxyl groups excluding tert-OH is 1. The molecular weight excluding hydrogens is 146 g/mol. The lowest BCUT2D eigenvalue weighted by Crippen LogP contribution is -2.30. The highest BCUT2D eigenvalue weighted by Gasteiger charge is 2.19. The Bertz CT molecular complexity index is 159. The minimum Gasteiger partial charge on any atom is -0.394 e. The van der Waals surface area contributed by atoms with Crippen LogP contribution in [0.1, 0.15) is 12.8 Å². The molecule has 5 nitrogen and oxygen atoms in total. The molecule has 0 amide bonds. The van der Waals surface area contributed by atoms with Gasteiger partial charge in [0.05, 0.1) is 25.4 Å². The molecule has 0 saturated carbocycles. The first-order valence-electron chi connectivity index (χ1n) is 3.63. The molecule has 1 rings (SSSR count). The van der Waals surface area contributed by atoms with Crippen molar-refractivity contribution in [2.75, 3.05) is 13.2 Å². The van der Waals surface area contributed by atoms with Crippen molar-refractivity contribution in [2.45, 2.75) is 25.0 Å². The highest BCUT2D eigenvalue weighted by atomic mass is 16.5. The molecule has 1 aliphatic rings. The molecule has 2 atom stereocenters. The van der Waals surface area contributed by atoms with Gasteiger partial charge in [0.25, 0.3) is 0 Å². The van der Waals surface area contributed by atoms with Gasteiger partial charge in [-0.1, -0.05) is 5.11 Å². The van der Waals surface area contributed by atoms with Gasteiger partial charge in [-0.05, 0) is 18.4 Å². The predicted octanol–water partition coefficient (Wildman–Crippen LogP) is 0.837. The first-order valence-corrected chi connectivity index (χ1v) is 3.63. The summed E-state index contributed by atoms with van der Waals surface area (Å²) < 4.78 is 5.18. The standard InChI is InChI=1S/C6H11N3O2/c7-9-8-5-1-2-6(3-10)11-4-5/h5-6,10H,1-4H2/t5-,6+/m1/s1. The smallest absolute Gasteiger partial charge is 0.0806 e. The lowest BCUT2D eigenvalue weighted by Gasteiger charge is -2.24. The van der Waals surface area contributed by atoms with E-state index >= 15 is 0 Å². The van der Waals surface area contributed by atoms with Gasteiger partial charge in [0, 0.05) is 4.91 Å². The number of nitrogens with zero attached hydrogens (tertiary/aromatic N) is 3. The summed E-state index contributed by atoms with van der Waals surface area (Å²) in [6.45, 7) is 0.498. The Labute approximate surface area is 64.6 Å². The van der Waals surface area contributed by atoms with Crippen LogP contribution in [0.15, 0.2) is 5.11 Å². The van der Waals surface area contributed by atoms with E-state index in [1.807, 2.05) is 0 Å². The molecule has 1 aliphatic heterocycles. The fourth-order valence-electron chi connectivity index (χ4n) is 1.10. The number of aliphatic hydroxyl groups is 1. The Kier molecular flexibility index (Phi) is 3.16. The van der Waals surface area contributed by atoms with Crippen LogP contribution in [0.4, 0.5) is 0 Å². The maximum atomic E-state index is 8.68. The van der Waals surface area contributed by atoms with Gasteiger partial charge in [0.2, 0.25) is 0 Å². The summed E-state index contributed by atoms with van der Waals surface area (Å²) >= 11 is 0. The Morgan fingerprint density at radius 1 is 1.64 bits per heavy atom. The fourth-order valence-corrected chi connectivity index (χ4v) is 1.10. The van der Waals surface area contributed by atoms with E-state index < -0.39 is 0 Å². The van der Waals surface area contributed by atoms with Crippen LogP contribution >= 0.6 is 0 Å². The van der Waals surface area contributed by atoms with E-state index in [4.69, 9.17) is 15.4 Å². The van der Waals surface area contributed by atoms with E-state index in [0.29, 0.717) is 6.61 Å². The van der Waals surface area contributed by atoms with E-state index in [1.165, 1.54) is 0 Å². The molecule has 0 aliphatic carbocycles. The van der Waals surface area contributed by atoms with Crippen LogP contribution < -0.4 is 0 Å². The van der Waals surface area contributed by atoms with Gasteiger partial charge >= 0.3 is 0 Å². The monoisotopic (exact) mass is 157 g/mol. The molecule has 0 radical (unpaired) electrons. The Hall–Kier alpha value is -0.770. The van der Waals surface area contributed by atoms with Crippen LogP contribution in [0, 0.1) is 0 Å². The molecule has 0 aromatic carbocycles. The van der Waals surface area contributed by atoms with Gasteiger partial charge in [-0.3, -0.25) is 0 Å². The third-order valence-corrected chi connectivity index (χ3v) is 1.76. The van der Waals surface area contributed by atoms with Crippen LogP contribution in [0.3, 0.4) is 0 Å². The molecule has 1 fully saturated rings. The quantitative estimate of drug-likeness (QED) is 0.366. The normalized spacial score (nSPS) is 31.0. The second-order valence-electron chi connectivity index (χ2n) is 2.57. The molecule has 62 valence electrons. The zero-order valence-electron chi connectivity index (χ0n) is 6.18. The molecule has 0 aromatic rings. The molecular formula is C6H11N3O2. The molecule has 11 heavy (non-hydrogen) atoms. The SMILES string of the molecule is [N-]=[N+]=N[C@@H]1CC[C@@H](CO)OC1. The second kappa shape index (κ2) is 4.18. The molecule has 0 bridgehead atoms. The van der Waals surface area contributed by atoms with Crippen LogP contribution in [-0.2, 0) is 4.74 Å². The Morgan fingerprint density at radius 3 is 2.91 bits per heavy atom. The number of rotatable bonds is 2. The van der Waals surface area contributed by atoms with Crippen molar-refractivity contribution in [1.29, 1.82) is 0 Å². The Balaban J connectivity index is 2.29. The first kappa shape index (κ1) is 8.33. The number of hydrogen-bond donors (Lipinski definition) is 1. The third-order valence-electron chi connectivity index (χ3n) is 1.76. The van der Waals surface area contributed by atoms with E-state index in [9.17, 15) is 0 Å². The third kappa shape index (κ3) is 2.38. The summed E-state index contributed by atoms with van der Waals surface area (Å²) in [7, 11) is 0. The molecule has 1 N–H and O–H groups in total. The van der Waals surface area contributed by atoms with E-state index in [1.54, 1.807) is 0 Å². The first-order chi connectivity index (χ1) is 5.36. The molecule has 5 heteroatoms. The van der Waals surface area contributed by atoms with E-state index in [-0.39, 0.29) is 18.8 Å². The number of hydrogen-bond acceptors (Lipinski definition) is 3. The average molecular weight is 157 g/mol. The lowest BCUT2D eigenvalue weighted by atomic mass is 10.1. The van der Waals surface area contributed by atoms with Crippen molar-refractivity contribution in [3.63, 3.8) is 0 Å². The minimum atomic E-state index is -0.0554. The van der Waals surface area contributed by atoms with Crippen molar-refractivity contribution in [1.82, 2.24) is 0 Å². The molecule has 1 heterocycles. The minimum absolute atomic E-state index is 0.0391. The number of azide groups is 1. The zero-order chi connectivity index (χ0) is 8.10. The Morgan fingerprint density at radius 2 is 2.45 bits per heavy atom. The van der Waals surface area contributed by atoms with Gasteiger partial charge in [0.1, 0.15) is 0 Å². The van der Waals surface area contributed by atoms with Gasteiger partial charge in [0.15, 0.2) is 0 Å². The van der Waals surface area contributed by atoms with E-state index in [0.717, 1.165) is 12.8 Å². The van der Waals surface area contributed by atoms with Crippen molar-refractivity contribution < 1.29 is 9.84 Å². The van der Waals surface area contributed by atoms with Gasteiger partial charge in [-0.2, -0.15) is 0 Å². The van der Waals surface area contributed by atoms with Crippen LogP contribution in [-0.4, -0.2) is 30.5 Å². The zero-order valence-corrected chi connectivity index (χ0v) is 6.18. The van der Waals surface area contributed by atoms with Crippen LogP contribution in [0.2, 0.25) is 0 Å². The summed E-state index contributed by atoms with van der Waals surface area (Å²) in [5, 5.41) is 12.2. The highest BCUT2D eigenvalue weighted by molar-refractivity contribution is 4.74. The maximum absolute atomic E-state index is 8.68. The highest BCUT2D eigenvalue weighted by Crippen LogP contribution is 2.15. The molecule has 0 unspecified atom stereocenters. The van der Waals surface area contributed by atoms with E-state index in [2.05, 4.69) is 10.0 Å². The van der Waals surface area contributed by atoms with Gasteiger partial charge in [-0.25, -0.2) is 0 Å². The topological polar surface area (TPSA) is 78.2 Å². The van der Waals surface area contributed by atoms with Crippen LogP contribution in [0.5, 0.6) is 0 Å². The molecule has 0 aromatic heterocycles. The van der Waals surface area contributed by atoms with Gasteiger partial charge < -0.3 is 9.84 Å². The summed E-state index contributed by atoms with van der Waals surface area (Å²) in [6, 6.07) is -0.0391. The number of ether oxygens (including phenoxy) is 1. The van der Waals surface area contributed by atoms with Crippen LogP contribution in [0.25, 0.3) is 10.4 Å². The second-order valence-corrected chi connectivity index (χ2v) is 2.57. The van der Waals surface area contributed by atoms with Crippen molar-refractivity contribution >= 4 is 0 Å². The summed E-state index contributed by atoms with van der Waals surface area (Å²) in [6.07, 6.45) is 1.54. The van der Waals surface area contributed by atoms with Crippen molar-refractivity contribution in [2.24, 2.45) is 5.11 Å². The summed E-state index contributed by atoms with van der Waals surface area (Å²) in [5.41, 5.74) is 8.09. The predicted molar refractivity (Wildman–Crippen MR) is 39.0 cm³/mol. The van der Waals surface area contributed by atoms with Crippen molar-refractivity contribution in [3.05, 3.63) is 10.4 Å². The largest absolute Gasteiger partial charge is 0.394 e. The van der Waals surface area contributed by atoms with Crippen molar-refractivity contribution in [3.8, 4) is 0 Å². The lowest BCUT2D eigenvalue weighted by molar-refractivity contribution is -0.0253. The maximum Gasteiger partial charge on any atom is 0.0806 e. The molecule has 1 saturated heterocycles. The summed E-state index contributed by atoms with van der Waals surface area (Å²) in [4.78, 5) is 2.69. The molecule has 0 spiro atoms. The summed E-state index contributed by atoms with van der Waals surface area (Å²) in [5.74, 6) is 0. The average Bonchev–Trinajstić information content (AvgIpc) is 2.07. The fraction of sp³-hybridized carbons (Fsp3) is 1.00. The van der Waals surface area contributed by atoms with Gasteiger partial charge in [-0.15, -0.1) is 0 Å².